The van der Waals surface area contributed by atoms with Crippen LogP contribution < -0.4 is 18.9 Å². The molecule has 37 heavy (non-hydrogen) atoms. The predicted octanol–water partition coefficient (Wildman–Crippen LogP) is 6.52. The molecule has 0 aliphatic carbocycles. The van der Waals surface area contributed by atoms with Crippen LogP contribution in [-0.2, 0) is 18.0 Å². The van der Waals surface area contributed by atoms with E-state index in [1.807, 2.05) is 67.6 Å². The fourth-order valence-corrected chi connectivity index (χ4v) is 4.49. The summed E-state index contributed by atoms with van der Waals surface area (Å²) in [5, 5.41) is 0.991. The molecule has 0 N–H and O–H groups in total. The molecule has 4 aromatic rings. The topological polar surface area (TPSA) is 59.0 Å². The highest BCUT2D eigenvalue weighted by Crippen LogP contribution is 2.33. The van der Waals surface area contributed by atoms with Crippen LogP contribution >= 0.6 is 0 Å². The molecule has 1 aliphatic rings. The van der Waals surface area contributed by atoms with Gasteiger partial charge in [-0.1, -0.05) is 42.5 Å². The summed E-state index contributed by atoms with van der Waals surface area (Å²) >= 11 is 0. The number of aromatic nitrogens is 1. The highest BCUT2D eigenvalue weighted by atomic mass is 16.5. The smallest absolute Gasteiger partial charge is 0.134 e. The second-order valence-electron chi connectivity index (χ2n) is 9.30. The SMILES string of the molecule is COc1cc(OCc2nc3ccccc3c(OCc3ccccc3)c2C)cc(OCC2CCOCC2)c1. The normalized spacial score (nSPS) is 13.9. The first-order valence-corrected chi connectivity index (χ1v) is 12.8. The monoisotopic (exact) mass is 499 g/mol. The van der Waals surface area contributed by atoms with Gasteiger partial charge in [0.25, 0.3) is 0 Å². The molecule has 0 spiro atoms. The van der Waals surface area contributed by atoms with Crippen molar-refractivity contribution in [3.8, 4) is 23.0 Å². The van der Waals surface area contributed by atoms with Crippen LogP contribution in [0.4, 0.5) is 0 Å². The molecule has 192 valence electrons. The van der Waals surface area contributed by atoms with Crippen LogP contribution in [0, 0.1) is 12.8 Å². The third-order valence-electron chi connectivity index (χ3n) is 6.69. The van der Waals surface area contributed by atoms with Crippen molar-refractivity contribution in [3.05, 3.63) is 89.6 Å². The zero-order valence-corrected chi connectivity index (χ0v) is 21.4. The Bertz CT molecular complexity index is 1320. The van der Waals surface area contributed by atoms with E-state index in [1.54, 1.807) is 7.11 Å². The van der Waals surface area contributed by atoms with E-state index >= 15 is 0 Å². The van der Waals surface area contributed by atoms with Crippen LogP contribution in [0.15, 0.2) is 72.8 Å². The van der Waals surface area contributed by atoms with Gasteiger partial charge in [-0.2, -0.15) is 0 Å². The Labute approximate surface area is 218 Å². The highest BCUT2D eigenvalue weighted by molar-refractivity contribution is 5.86. The van der Waals surface area contributed by atoms with Gasteiger partial charge < -0.3 is 23.7 Å². The number of methoxy groups -OCH3 is 1. The molecule has 6 heteroatoms. The van der Waals surface area contributed by atoms with Gasteiger partial charge in [-0.3, -0.25) is 0 Å². The number of para-hydroxylation sites is 1. The Morgan fingerprint density at radius 2 is 1.51 bits per heavy atom. The maximum Gasteiger partial charge on any atom is 0.134 e. The molecule has 0 saturated carbocycles. The summed E-state index contributed by atoms with van der Waals surface area (Å²) in [6.07, 6.45) is 2.05. The van der Waals surface area contributed by atoms with Gasteiger partial charge in [0.1, 0.15) is 36.2 Å². The number of hydrogen-bond acceptors (Lipinski definition) is 6. The van der Waals surface area contributed by atoms with E-state index in [1.165, 1.54) is 0 Å². The molecule has 0 atom stereocenters. The quantitative estimate of drug-likeness (QED) is 0.248. The summed E-state index contributed by atoms with van der Waals surface area (Å²) in [4.78, 5) is 4.89. The first kappa shape index (κ1) is 24.9. The van der Waals surface area contributed by atoms with Gasteiger partial charge in [-0.05, 0) is 43.4 Å². The maximum atomic E-state index is 6.33. The van der Waals surface area contributed by atoms with Crippen LogP contribution in [0.3, 0.4) is 0 Å². The average Bonchev–Trinajstić information content (AvgIpc) is 2.95. The van der Waals surface area contributed by atoms with Gasteiger partial charge >= 0.3 is 0 Å². The minimum atomic E-state index is 0.297. The number of hydrogen-bond donors (Lipinski definition) is 0. The van der Waals surface area contributed by atoms with E-state index in [0.29, 0.717) is 37.2 Å². The first-order chi connectivity index (χ1) is 18.2. The summed E-state index contributed by atoms with van der Waals surface area (Å²) in [5.74, 6) is 3.43. The van der Waals surface area contributed by atoms with Crippen molar-refractivity contribution < 1.29 is 23.7 Å². The van der Waals surface area contributed by atoms with Crippen molar-refractivity contribution in [1.82, 2.24) is 4.98 Å². The van der Waals surface area contributed by atoms with Crippen LogP contribution in [0.1, 0.15) is 29.7 Å². The molecule has 1 aliphatic heterocycles. The molecule has 1 fully saturated rings. The molecule has 0 radical (unpaired) electrons. The van der Waals surface area contributed by atoms with Gasteiger partial charge in [0.15, 0.2) is 0 Å². The number of ether oxygens (including phenoxy) is 5. The van der Waals surface area contributed by atoms with Crippen LogP contribution in [0.25, 0.3) is 10.9 Å². The molecular formula is C31H33NO5. The van der Waals surface area contributed by atoms with Gasteiger partial charge in [-0.25, -0.2) is 4.98 Å². The zero-order valence-electron chi connectivity index (χ0n) is 21.4. The molecule has 1 saturated heterocycles. The lowest BCUT2D eigenvalue weighted by Crippen LogP contribution is -2.21. The summed E-state index contributed by atoms with van der Waals surface area (Å²) in [6.45, 7) is 5.08. The van der Waals surface area contributed by atoms with Gasteiger partial charge in [0.2, 0.25) is 0 Å². The molecule has 5 rings (SSSR count). The number of fused-ring (bicyclic) bond motifs is 1. The third-order valence-corrected chi connectivity index (χ3v) is 6.69. The van der Waals surface area contributed by atoms with E-state index in [0.717, 1.165) is 65.3 Å². The molecule has 1 aromatic heterocycles. The second-order valence-corrected chi connectivity index (χ2v) is 9.30. The fourth-order valence-electron chi connectivity index (χ4n) is 4.49. The zero-order chi connectivity index (χ0) is 25.5. The van der Waals surface area contributed by atoms with Crippen molar-refractivity contribution in [2.45, 2.75) is 33.0 Å². The molecule has 0 amide bonds. The van der Waals surface area contributed by atoms with Crippen molar-refractivity contribution in [2.24, 2.45) is 5.92 Å². The maximum absolute atomic E-state index is 6.33. The number of pyridine rings is 1. The van der Waals surface area contributed by atoms with E-state index in [9.17, 15) is 0 Å². The van der Waals surface area contributed by atoms with E-state index in [4.69, 9.17) is 28.7 Å². The Morgan fingerprint density at radius 1 is 0.811 bits per heavy atom. The highest BCUT2D eigenvalue weighted by Gasteiger charge is 2.16. The Balaban J connectivity index is 1.34. The van der Waals surface area contributed by atoms with E-state index in [2.05, 4.69) is 12.1 Å². The minimum absolute atomic E-state index is 0.297. The van der Waals surface area contributed by atoms with Gasteiger partial charge in [0.05, 0.1) is 24.9 Å². The lowest BCUT2D eigenvalue weighted by atomic mass is 10.0. The molecule has 0 bridgehead atoms. The molecule has 0 unspecified atom stereocenters. The number of rotatable bonds is 10. The Hall–Kier alpha value is -3.77. The summed E-state index contributed by atoms with van der Waals surface area (Å²) in [7, 11) is 1.65. The molecule has 6 nitrogen and oxygen atoms in total. The standard InChI is InChI=1S/C31H33NO5/c1-22-30(32-29-11-7-6-10-28(29)31(22)37-20-23-8-4-3-5-9-23)21-36-27-17-25(33-2)16-26(18-27)35-19-24-12-14-34-15-13-24/h3-11,16-18,24H,12-15,19-21H2,1-2H3. The van der Waals surface area contributed by atoms with Gasteiger partial charge in [0, 0.05) is 42.4 Å². The van der Waals surface area contributed by atoms with Crippen molar-refractivity contribution >= 4 is 10.9 Å². The summed E-state index contributed by atoms with van der Waals surface area (Å²) in [5.41, 5.74) is 3.79. The predicted molar refractivity (Wildman–Crippen MR) is 144 cm³/mol. The Morgan fingerprint density at radius 3 is 2.30 bits per heavy atom. The molecule has 2 heterocycles. The largest absolute Gasteiger partial charge is 0.496 e. The summed E-state index contributed by atoms with van der Waals surface area (Å²) < 4.78 is 29.6. The second kappa shape index (κ2) is 12.0. The Kier molecular flexibility index (Phi) is 8.06. The van der Waals surface area contributed by atoms with Crippen molar-refractivity contribution in [3.63, 3.8) is 0 Å². The number of nitrogens with zero attached hydrogens (tertiary/aromatic N) is 1. The van der Waals surface area contributed by atoms with Gasteiger partial charge in [-0.15, -0.1) is 0 Å². The van der Waals surface area contributed by atoms with E-state index < -0.39 is 0 Å². The third kappa shape index (κ3) is 6.33. The lowest BCUT2D eigenvalue weighted by Gasteiger charge is -2.22. The summed E-state index contributed by atoms with van der Waals surface area (Å²) in [6, 6.07) is 23.9. The van der Waals surface area contributed by atoms with Crippen LogP contribution in [0.2, 0.25) is 0 Å². The number of benzene rings is 3. The fraction of sp³-hybridized carbons (Fsp3) is 0.323. The van der Waals surface area contributed by atoms with Crippen molar-refractivity contribution in [1.29, 1.82) is 0 Å². The first-order valence-electron chi connectivity index (χ1n) is 12.8. The van der Waals surface area contributed by atoms with Crippen molar-refractivity contribution in [2.75, 3.05) is 26.9 Å². The molecule has 3 aromatic carbocycles. The van der Waals surface area contributed by atoms with Crippen LogP contribution in [0.5, 0.6) is 23.0 Å². The van der Waals surface area contributed by atoms with E-state index in [-0.39, 0.29) is 0 Å². The molecular weight excluding hydrogens is 466 g/mol. The lowest BCUT2D eigenvalue weighted by molar-refractivity contribution is 0.0497. The van der Waals surface area contributed by atoms with Crippen LogP contribution in [-0.4, -0.2) is 31.9 Å². The minimum Gasteiger partial charge on any atom is -0.496 e. The average molecular weight is 500 g/mol.